The van der Waals surface area contributed by atoms with Crippen LogP contribution in [0.25, 0.3) is 0 Å². The molecule has 5 nitrogen and oxygen atoms in total. The third-order valence-electron chi connectivity index (χ3n) is 1.22. The standard InChI is InChI=1S/C6H14N3O2S/c1-4(2)3-5(7)6(10)9-12(8)11/h4-5H,3,7H2,1-2H3,(H2,8,9,10,11)/q-1/t5-/m0/s1. The van der Waals surface area contributed by atoms with E-state index in [0.29, 0.717) is 12.3 Å². The van der Waals surface area contributed by atoms with Crippen LogP contribution in [0.1, 0.15) is 20.3 Å². The van der Waals surface area contributed by atoms with E-state index in [1.807, 2.05) is 13.8 Å². The summed E-state index contributed by atoms with van der Waals surface area (Å²) in [7, 11) is -1.94. The highest BCUT2D eigenvalue weighted by Crippen LogP contribution is 2.03. The number of hydrogen-bond acceptors (Lipinski definition) is 4. The fourth-order valence-corrected chi connectivity index (χ4v) is 1.08. The van der Waals surface area contributed by atoms with Crippen molar-refractivity contribution < 1.29 is 9.00 Å². The highest BCUT2D eigenvalue weighted by Gasteiger charge is 2.11. The molecule has 0 fully saturated rings. The molecule has 4 N–H and O–H groups in total. The molecule has 0 bridgehead atoms. The molecule has 0 heterocycles. The smallest absolute Gasteiger partial charge is 0.240 e. The van der Waals surface area contributed by atoms with Crippen molar-refractivity contribution in [3.05, 3.63) is 0 Å². The van der Waals surface area contributed by atoms with Crippen LogP contribution >= 0.6 is 0 Å². The summed E-state index contributed by atoms with van der Waals surface area (Å²) in [5.41, 5.74) is 5.43. The SMILES string of the molecule is CC(C)C[C@H](N)C(=O)N=[S-](N)=O. The molecule has 0 aliphatic carbocycles. The van der Waals surface area contributed by atoms with Crippen molar-refractivity contribution in [2.24, 2.45) is 21.2 Å². The van der Waals surface area contributed by atoms with Crippen LogP contribution in [-0.4, -0.2) is 11.9 Å². The van der Waals surface area contributed by atoms with Crippen molar-refractivity contribution in [3.63, 3.8) is 0 Å². The number of amides is 1. The lowest BCUT2D eigenvalue weighted by Crippen LogP contribution is -2.30. The van der Waals surface area contributed by atoms with Crippen LogP contribution in [0.5, 0.6) is 0 Å². The normalized spacial score (nSPS) is 16.4. The van der Waals surface area contributed by atoms with Gasteiger partial charge in [-0.15, -0.1) is 10.8 Å². The van der Waals surface area contributed by atoms with Crippen LogP contribution in [0.4, 0.5) is 0 Å². The van der Waals surface area contributed by atoms with Gasteiger partial charge in [-0.1, -0.05) is 13.8 Å². The van der Waals surface area contributed by atoms with Crippen LogP contribution < -0.4 is 10.9 Å². The van der Waals surface area contributed by atoms with E-state index >= 15 is 0 Å². The molecule has 0 saturated heterocycles. The molecule has 0 rings (SSSR count). The summed E-state index contributed by atoms with van der Waals surface area (Å²) in [5, 5.41) is 4.79. The number of nitrogens with two attached hydrogens (primary N) is 2. The van der Waals surface area contributed by atoms with E-state index in [1.165, 1.54) is 0 Å². The molecule has 0 aliphatic rings. The summed E-state index contributed by atoms with van der Waals surface area (Å²) in [6, 6.07) is -0.683. The van der Waals surface area contributed by atoms with Crippen LogP contribution in [-0.2, 0) is 19.8 Å². The number of carbonyl (C=O) groups is 1. The Morgan fingerprint density at radius 3 is 2.42 bits per heavy atom. The molecular weight excluding hydrogens is 178 g/mol. The molecule has 0 saturated carbocycles. The largest absolute Gasteiger partial charge is 0.430 e. The van der Waals surface area contributed by atoms with E-state index in [4.69, 9.17) is 10.9 Å². The zero-order valence-corrected chi connectivity index (χ0v) is 8.00. The first-order chi connectivity index (χ1) is 5.43. The molecule has 0 aliphatic heterocycles. The molecular formula is C6H14N3O2S-. The van der Waals surface area contributed by atoms with Gasteiger partial charge in [0.1, 0.15) is 0 Å². The first-order valence-electron chi connectivity index (χ1n) is 3.61. The van der Waals surface area contributed by atoms with Gasteiger partial charge in [0.05, 0.1) is 6.04 Å². The highest BCUT2D eigenvalue weighted by atomic mass is 32.2. The molecule has 72 valence electrons. The Bertz CT molecular complexity index is 233. The summed E-state index contributed by atoms with van der Waals surface area (Å²) in [6.07, 6.45) is 0.527. The van der Waals surface area contributed by atoms with Crippen molar-refractivity contribution in [1.29, 1.82) is 0 Å². The summed E-state index contributed by atoms with van der Waals surface area (Å²) < 4.78 is 13.4. The summed E-state index contributed by atoms with van der Waals surface area (Å²) >= 11 is 0. The number of carbonyl (C=O) groups excluding carboxylic acids is 1. The molecule has 0 unspecified atom stereocenters. The Hall–Kier alpha value is -0.460. The minimum absolute atomic E-state index is 0.311. The Kier molecular flexibility index (Phi) is 5.03. The average molecular weight is 192 g/mol. The van der Waals surface area contributed by atoms with E-state index < -0.39 is 22.7 Å². The van der Waals surface area contributed by atoms with Crippen LogP contribution in [0.2, 0.25) is 0 Å². The van der Waals surface area contributed by atoms with E-state index in [0.717, 1.165) is 0 Å². The van der Waals surface area contributed by atoms with Gasteiger partial charge in [-0.05, 0) is 12.3 Å². The van der Waals surface area contributed by atoms with Gasteiger partial charge in [-0.3, -0.25) is 4.79 Å². The average Bonchev–Trinajstić information content (AvgIpc) is 1.84. The van der Waals surface area contributed by atoms with Gasteiger partial charge < -0.3 is 19.4 Å². The van der Waals surface area contributed by atoms with Crippen molar-refractivity contribution in [3.8, 4) is 0 Å². The molecule has 0 aromatic heterocycles. The van der Waals surface area contributed by atoms with Crippen molar-refractivity contribution >= 4 is 16.7 Å². The molecule has 6 heteroatoms. The second-order valence-electron chi connectivity index (χ2n) is 2.94. The van der Waals surface area contributed by atoms with Crippen LogP contribution in [0.3, 0.4) is 0 Å². The second-order valence-corrected chi connectivity index (χ2v) is 3.68. The van der Waals surface area contributed by atoms with E-state index in [-0.39, 0.29) is 0 Å². The monoisotopic (exact) mass is 192 g/mol. The van der Waals surface area contributed by atoms with Gasteiger partial charge in [0.2, 0.25) is 5.91 Å². The summed E-state index contributed by atoms with van der Waals surface area (Å²) in [6.45, 7) is 3.87. The Morgan fingerprint density at radius 2 is 2.08 bits per heavy atom. The maximum Gasteiger partial charge on any atom is 0.240 e. The van der Waals surface area contributed by atoms with E-state index in [2.05, 4.69) is 4.36 Å². The predicted octanol–water partition coefficient (Wildman–Crippen LogP) is -0.0925. The molecule has 0 aromatic rings. The quantitative estimate of drug-likeness (QED) is 0.611. The van der Waals surface area contributed by atoms with Gasteiger partial charge in [0.15, 0.2) is 0 Å². The van der Waals surface area contributed by atoms with Gasteiger partial charge in [-0.25, -0.2) is 0 Å². The zero-order chi connectivity index (χ0) is 9.72. The molecule has 1 atom stereocenters. The zero-order valence-electron chi connectivity index (χ0n) is 7.19. The summed E-state index contributed by atoms with van der Waals surface area (Å²) in [5.74, 6) is -0.283. The third kappa shape index (κ3) is 5.22. The molecule has 0 radical (unpaired) electrons. The number of rotatable bonds is 3. The molecule has 0 spiro atoms. The van der Waals surface area contributed by atoms with Gasteiger partial charge >= 0.3 is 0 Å². The lowest BCUT2D eigenvalue weighted by molar-refractivity contribution is -0.119. The minimum Gasteiger partial charge on any atom is -0.430 e. The fraction of sp³-hybridized carbons (Fsp3) is 0.833. The van der Waals surface area contributed by atoms with Gasteiger partial charge in [0, 0.05) is 0 Å². The third-order valence-corrected chi connectivity index (χ3v) is 1.58. The van der Waals surface area contributed by atoms with Crippen molar-refractivity contribution in [2.75, 3.05) is 0 Å². The topological polar surface area (TPSA) is 98.5 Å². The summed E-state index contributed by atoms with van der Waals surface area (Å²) in [4.78, 5) is 10.9. The number of nitrogens with zero attached hydrogens (tertiary/aromatic N) is 1. The minimum atomic E-state index is -1.94. The van der Waals surface area contributed by atoms with E-state index in [9.17, 15) is 9.00 Å². The highest BCUT2D eigenvalue weighted by molar-refractivity contribution is 7.72. The lowest BCUT2D eigenvalue weighted by atomic mass is 10.0. The Labute approximate surface area is 73.9 Å². The predicted molar refractivity (Wildman–Crippen MR) is 47.1 cm³/mol. The molecule has 0 aromatic carbocycles. The maximum absolute atomic E-state index is 10.9. The number of hydrogen-bond donors (Lipinski definition) is 2. The van der Waals surface area contributed by atoms with Gasteiger partial charge in [0.25, 0.3) is 0 Å². The first kappa shape index (κ1) is 11.5. The second kappa shape index (κ2) is 5.23. The van der Waals surface area contributed by atoms with Crippen LogP contribution in [0.15, 0.2) is 4.36 Å². The van der Waals surface area contributed by atoms with Crippen LogP contribution in [0, 0.1) is 5.92 Å². The Balaban J connectivity index is 4.12. The maximum atomic E-state index is 10.9. The van der Waals surface area contributed by atoms with Crippen molar-refractivity contribution in [1.82, 2.24) is 0 Å². The van der Waals surface area contributed by atoms with Crippen molar-refractivity contribution in [2.45, 2.75) is 26.3 Å². The first-order valence-corrected chi connectivity index (χ1v) is 4.78. The lowest BCUT2D eigenvalue weighted by Gasteiger charge is -2.10. The fourth-order valence-electron chi connectivity index (χ4n) is 0.765. The molecule has 12 heavy (non-hydrogen) atoms. The molecule has 1 amide bonds. The Morgan fingerprint density at radius 1 is 1.58 bits per heavy atom. The van der Waals surface area contributed by atoms with Gasteiger partial charge in [-0.2, -0.15) is 0 Å². The van der Waals surface area contributed by atoms with E-state index in [1.54, 1.807) is 0 Å².